The van der Waals surface area contributed by atoms with Gasteiger partial charge < -0.3 is 53.9 Å². The molecule has 0 aliphatic carbocycles. The minimum absolute atomic E-state index is 0. The van der Waals surface area contributed by atoms with Crippen molar-refractivity contribution in [2.45, 2.75) is 33.5 Å². The molecule has 1 aliphatic heterocycles. The zero-order chi connectivity index (χ0) is 26.6. The van der Waals surface area contributed by atoms with Crippen LogP contribution in [0.1, 0.15) is 6.23 Å². The Kier molecular flexibility index (Phi) is 19.5. The number of ether oxygens (including phenoxy) is 1. The summed E-state index contributed by atoms with van der Waals surface area (Å²) in [5.41, 5.74) is 6.09. The van der Waals surface area contributed by atoms with Gasteiger partial charge in [0.15, 0.2) is 30.4 Å². The van der Waals surface area contributed by atoms with Crippen LogP contribution in [0.5, 0.6) is 0 Å². The summed E-state index contributed by atoms with van der Waals surface area (Å²) >= 11 is 11.1. The Labute approximate surface area is 323 Å². The Balaban J connectivity index is 0. The first kappa shape index (κ1) is 44.7. The third-order valence-corrected chi connectivity index (χ3v) is 12.4. The average Bonchev–Trinajstić information content (AvgIpc) is 3.26. The fraction of sp³-hybridized carbons (Fsp3) is 0.583. The van der Waals surface area contributed by atoms with Gasteiger partial charge >= 0.3 is 118 Å². The number of aromatic nitrogens is 4. The molecular weight excluding hydrogens is 694 g/mol. The summed E-state index contributed by atoms with van der Waals surface area (Å²) < 4.78 is 45.1. The summed E-state index contributed by atoms with van der Waals surface area (Å²) in [7, 11) is -18.6. The minimum atomic E-state index is -6.32. The monoisotopic (exact) mass is 707 g/mol. The summed E-state index contributed by atoms with van der Waals surface area (Å²) in [5.74, 6) is 0.0212. The fourth-order valence-electron chi connectivity index (χ4n) is 2.81. The van der Waals surface area contributed by atoms with Crippen LogP contribution in [0.15, 0.2) is 11.5 Å². The van der Waals surface area contributed by atoms with E-state index in [4.69, 9.17) is 33.7 Å². The molecule has 2 unspecified atom stereocenters. The van der Waals surface area contributed by atoms with Gasteiger partial charge in [0.25, 0.3) is 7.82 Å². The summed E-state index contributed by atoms with van der Waals surface area (Å²) in [5, 5.41) is 20.9. The Hall–Kier alpha value is 3.61. The van der Waals surface area contributed by atoms with Crippen LogP contribution >= 0.6 is 58.0 Å². The molecule has 3 rings (SSSR count). The summed E-state index contributed by atoms with van der Waals surface area (Å²) in [4.78, 5) is 57.8. The van der Waals surface area contributed by atoms with E-state index in [2.05, 4.69) is 23.8 Å². The number of aliphatic hydroxyl groups is 2. The number of rotatable bonds is 9. The smallest absolute Gasteiger partial charge is 0.808 e. The van der Waals surface area contributed by atoms with Crippen LogP contribution in [0.3, 0.4) is 0 Å². The molecule has 0 amide bonds. The van der Waals surface area contributed by atoms with Crippen molar-refractivity contribution in [3.05, 3.63) is 6.33 Å². The number of nitrogens with two attached hydrogens (primary N) is 1. The molecule has 0 aromatic carbocycles. The molecule has 17 nitrogen and oxygen atoms in total. The van der Waals surface area contributed by atoms with Crippen molar-refractivity contribution in [3.63, 3.8) is 0 Å². The maximum absolute atomic E-state index is 11.9. The molecule has 3 heterocycles. The average molecular weight is 708 g/mol. The zero-order valence-corrected chi connectivity index (χ0v) is 34.0. The summed E-state index contributed by atoms with van der Waals surface area (Å²) in [6, 6.07) is 0. The third-order valence-electron chi connectivity index (χ3n) is 4.49. The van der Waals surface area contributed by atoms with Gasteiger partial charge in [-0.3, -0.25) is 13.4 Å². The molecule has 4 N–H and O–H groups in total. The number of aliphatic hydroxyl groups excluding tert-OH is 2. The van der Waals surface area contributed by atoms with E-state index in [1.807, 2.05) is 0 Å². The summed E-state index contributed by atoms with van der Waals surface area (Å²) in [6.07, 6.45) is -3.59. The number of phosphoric ester groups is 1. The molecule has 0 radical (unpaired) electrons. The predicted octanol–water partition coefficient (Wildman–Crippen LogP) is -14.2. The first-order chi connectivity index (χ1) is 15.9. The second-order valence-corrected chi connectivity index (χ2v) is 15.4. The van der Waals surface area contributed by atoms with Crippen molar-refractivity contribution >= 4 is 75.0 Å². The number of imidazole rings is 1. The zero-order valence-electron chi connectivity index (χ0n) is 20.9. The minimum Gasteiger partial charge on any atom is -0.808 e. The number of hydrogen-bond donors (Lipinski definition) is 3. The van der Waals surface area contributed by atoms with E-state index in [9.17, 15) is 43.5 Å². The van der Waals surface area contributed by atoms with Gasteiger partial charge in [-0.15, -0.1) is 0 Å². The van der Waals surface area contributed by atoms with Gasteiger partial charge in [-0.25, -0.2) is 15.0 Å². The van der Waals surface area contributed by atoms with Crippen LogP contribution in [-0.4, -0.2) is 64.7 Å². The molecule has 1 aliphatic rings. The van der Waals surface area contributed by atoms with Gasteiger partial charge in [0.1, 0.15) is 23.8 Å². The maximum Gasteiger partial charge on any atom is 1.00 e. The topological polar surface area (TPSA) is 281 Å². The predicted molar refractivity (Wildman–Crippen MR) is 112 cm³/mol. The molecule has 198 valence electrons. The van der Waals surface area contributed by atoms with Crippen LogP contribution in [-0.2, 0) is 27.3 Å². The maximum atomic E-state index is 11.9. The van der Waals surface area contributed by atoms with Crippen LogP contribution in [0.2, 0.25) is 0 Å². The van der Waals surface area contributed by atoms with E-state index in [0.717, 1.165) is 11.8 Å². The molecule has 2 aromatic rings. The molecule has 1 fully saturated rings. The number of fused-ring (bicyclic) bond motifs is 1. The van der Waals surface area contributed by atoms with Crippen molar-refractivity contribution in [1.82, 2.24) is 19.5 Å². The van der Waals surface area contributed by atoms with Gasteiger partial charge in [-0.05, 0) is 13.9 Å². The first-order valence-corrected chi connectivity index (χ1v) is 15.4. The first-order valence-electron chi connectivity index (χ1n) is 8.85. The van der Waals surface area contributed by atoms with Crippen LogP contribution in [0.25, 0.3) is 11.2 Å². The van der Waals surface area contributed by atoms with Crippen LogP contribution in [0, 0.1) is 0 Å². The molecule has 0 saturated carbocycles. The SMILES string of the molecule is CSc1nc(N)c2ncn([C@@H]3O[C@H](COP(=O)([O-])OP(=O)([O-])C(Cl)(Cl)P(=O)([O-])[O-])[C@@H](O)[C@H]3O)c2n1.[Na+].[Na+].[Na+].[Na+]. The van der Waals surface area contributed by atoms with Crippen molar-refractivity contribution in [1.29, 1.82) is 0 Å². The molecule has 0 bridgehead atoms. The number of nitrogens with zero attached hydrogens (tertiary/aromatic N) is 4. The summed E-state index contributed by atoms with van der Waals surface area (Å²) in [6.45, 7) is -1.13. The van der Waals surface area contributed by atoms with Gasteiger partial charge in [0, 0.05) is 0 Å². The second kappa shape index (κ2) is 17.0. The number of halogens is 2. The Morgan fingerprint density at radius 2 is 1.69 bits per heavy atom. The van der Waals surface area contributed by atoms with Crippen LogP contribution in [0.4, 0.5) is 5.82 Å². The normalized spacial score (nSPS) is 24.3. The molecule has 1 saturated heterocycles. The van der Waals surface area contributed by atoms with Crippen molar-refractivity contribution < 1.29 is 175 Å². The van der Waals surface area contributed by atoms with E-state index >= 15 is 0 Å². The molecule has 6 atom stereocenters. The molecule has 39 heavy (non-hydrogen) atoms. The van der Waals surface area contributed by atoms with E-state index in [-0.39, 0.29) is 140 Å². The standard InChI is InChI=1S/C12H18Cl2N5O12P3S.4Na/c1-35-11-17-8(15)5-9(18-11)19(3-16-5)10-7(21)6(20)4(30-10)2-29-34(27,28)31-33(25,26)12(13,14)32(22,23)24;;;;/h3-4,6-7,10,20-21H,2H2,1H3,(H,25,26)(H,27,28)(H2,15,17,18)(H2,22,23,24);;;;/q;4*+1/p-4/t4-,6-,7-,10-;;;;/m1..../s1. The number of alkyl halides is 2. The number of nitrogen functional groups attached to an aromatic ring is 1. The number of phosphoric acid groups is 1. The Morgan fingerprint density at radius 3 is 2.21 bits per heavy atom. The number of thioether (sulfide) groups is 1. The molecular formula is C12H14Cl2N5Na4O12P3S. The van der Waals surface area contributed by atoms with Crippen molar-refractivity contribution in [2.75, 3.05) is 18.6 Å². The van der Waals surface area contributed by atoms with Crippen molar-refractivity contribution in [3.8, 4) is 0 Å². The largest absolute Gasteiger partial charge is 1.00 e. The molecule has 2 aromatic heterocycles. The second-order valence-electron chi connectivity index (χ2n) is 6.79. The van der Waals surface area contributed by atoms with E-state index in [1.54, 1.807) is 6.26 Å². The van der Waals surface area contributed by atoms with Gasteiger partial charge in [0.2, 0.25) is 3.82 Å². The fourth-order valence-corrected chi connectivity index (χ4v) is 7.23. The Morgan fingerprint density at radius 1 is 1.13 bits per heavy atom. The molecule has 0 spiro atoms. The van der Waals surface area contributed by atoms with Gasteiger partial charge in [-0.2, -0.15) is 0 Å². The van der Waals surface area contributed by atoms with E-state index < -0.39 is 58.0 Å². The van der Waals surface area contributed by atoms with Crippen LogP contribution < -0.4 is 144 Å². The molecule has 27 heteroatoms. The van der Waals surface area contributed by atoms with E-state index in [0.29, 0.717) is 0 Å². The van der Waals surface area contributed by atoms with Gasteiger partial charge in [-0.1, -0.05) is 35.0 Å². The Bertz CT molecular complexity index is 1280. The van der Waals surface area contributed by atoms with E-state index in [1.165, 1.54) is 10.9 Å². The van der Waals surface area contributed by atoms with Crippen molar-refractivity contribution in [2.24, 2.45) is 0 Å². The third kappa shape index (κ3) is 10.0. The number of anilines is 1. The number of hydrogen-bond acceptors (Lipinski definition) is 17. The van der Waals surface area contributed by atoms with Gasteiger partial charge in [0.05, 0.1) is 12.9 Å². The quantitative estimate of drug-likeness (QED) is 0.0717.